The summed E-state index contributed by atoms with van der Waals surface area (Å²) in [6, 6.07) is 2.98. The van der Waals surface area contributed by atoms with Gasteiger partial charge in [0.25, 0.3) is 0 Å². The third-order valence-electron chi connectivity index (χ3n) is 5.34. The predicted octanol–water partition coefficient (Wildman–Crippen LogP) is 3.28. The van der Waals surface area contributed by atoms with Crippen LogP contribution in [0.4, 0.5) is 0 Å². The van der Waals surface area contributed by atoms with E-state index in [9.17, 15) is 0 Å². The molecule has 2 aromatic rings. The van der Waals surface area contributed by atoms with Gasteiger partial charge in [-0.3, -0.25) is 4.68 Å². The van der Waals surface area contributed by atoms with Crippen LogP contribution < -0.4 is 5.32 Å². The SMILES string of the molecule is CCc1cc2c(s1)C(C)COC21C[C@@H](c2cn(C)nn2)N[C@@H](C)C1. The number of ether oxygens (including phenoxy) is 1. The summed E-state index contributed by atoms with van der Waals surface area (Å²) >= 11 is 1.98. The first kappa shape index (κ1) is 16.2. The van der Waals surface area contributed by atoms with Crippen LogP contribution in [0.2, 0.25) is 0 Å². The van der Waals surface area contributed by atoms with Crippen LogP contribution in [0, 0.1) is 0 Å². The lowest BCUT2D eigenvalue weighted by atomic mass is 9.75. The van der Waals surface area contributed by atoms with Gasteiger partial charge in [0.05, 0.1) is 23.9 Å². The predicted molar refractivity (Wildman–Crippen MR) is 95.3 cm³/mol. The van der Waals surface area contributed by atoms with Gasteiger partial charge in [0, 0.05) is 41.4 Å². The average molecular weight is 347 g/mol. The Labute approximate surface area is 147 Å². The largest absolute Gasteiger partial charge is 0.369 e. The van der Waals surface area contributed by atoms with Crippen molar-refractivity contribution < 1.29 is 4.74 Å². The number of thiophene rings is 1. The molecule has 6 heteroatoms. The summed E-state index contributed by atoms with van der Waals surface area (Å²) < 4.78 is 8.32. The molecule has 4 rings (SSSR count). The summed E-state index contributed by atoms with van der Waals surface area (Å²) in [5, 5.41) is 12.1. The second kappa shape index (κ2) is 5.93. The Morgan fingerprint density at radius 2 is 2.25 bits per heavy atom. The molecule has 24 heavy (non-hydrogen) atoms. The number of aromatic nitrogens is 3. The van der Waals surface area contributed by atoms with Crippen LogP contribution >= 0.6 is 11.3 Å². The first-order chi connectivity index (χ1) is 11.5. The number of piperidine rings is 1. The Kier molecular flexibility index (Phi) is 4.01. The zero-order valence-electron chi connectivity index (χ0n) is 14.9. The quantitative estimate of drug-likeness (QED) is 0.907. The maximum absolute atomic E-state index is 6.54. The number of nitrogens with one attached hydrogen (secondary N) is 1. The summed E-state index contributed by atoms with van der Waals surface area (Å²) in [5.41, 5.74) is 2.27. The first-order valence-corrected chi connectivity index (χ1v) is 9.71. The fraction of sp³-hybridized carbons (Fsp3) is 0.667. The molecule has 0 saturated carbocycles. The van der Waals surface area contributed by atoms with Gasteiger partial charge in [-0.05, 0) is 31.4 Å². The van der Waals surface area contributed by atoms with Crippen molar-refractivity contribution in [3.8, 4) is 0 Å². The van der Waals surface area contributed by atoms with E-state index < -0.39 is 0 Å². The van der Waals surface area contributed by atoms with Gasteiger partial charge in [-0.2, -0.15) is 0 Å². The Balaban J connectivity index is 1.74. The number of aryl methyl sites for hydroxylation is 2. The van der Waals surface area contributed by atoms with E-state index in [2.05, 4.69) is 42.5 Å². The molecule has 1 N–H and O–H groups in total. The van der Waals surface area contributed by atoms with Crippen LogP contribution in [0.3, 0.4) is 0 Å². The van der Waals surface area contributed by atoms with E-state index in [0.29, 0.717) is 12.0 Å². The number of fused-ring (bicyclic) bond motifs is 2. The van der Waals surface area contributed by atoms with Crippen LogP contribution in [0.25, 0.3) is 0 Å². The van der Waals surface area contributed by atoms with Crippen molar-refractivity contribution in [2.45, 2.75) is 63.6 Å². The lowest BCUT2D eigenvalue weighted by Gasteiger charge is -2.47. The molecule has 130 valence electrons. The van der Waals surface area contributed by atoms with Crippen molar-refractivity contribution >= 4 is 11.3 Å². The van der Waals surface area contributed by atoms with Crippen LogP contribution in [0.1, 0.15) is 66.6 Å². The lowest BCUT2D eigenvalue weighted by Crippen LogP contribution is -2.50. The molecule has 4 heterocycles. The van der Waals surface area contributed by atoms with Crippen molar-refractivity contribution in [1.29, 1.82) is 0 Å². The first-order valence-electron chi connectivity index (χ1n) is 8.90. The smallest absolute Gasteiger partial charge is 0.0997 e. The Hall–Kier alpha value is -1.24. The summed E-state index contributed by atoms with van der Waals surface area (Å²) in [6.07, 6.45) is 5.06. The third-order valence-corrected chi connectivity index (χ3v) is 6.85. The number of hydrogen-bond acceptors (Lipinski definition) is 5. The van der Waals surface area contributed by atoms with Gasteiger partial charge in [0.2, 0.25) is 0 Å². The molecule has 2 unspecified atom stereocenters. The van der Waals surface area contributed by atoms with Crippen molar-refractivity contribution in [2.24, 2.45) is 7.05 Å². The van der Waals surface area contributed by atoms with Crippen molar-refractivity contribution in [3.63, 3.8) is 0 Å². The van der Waals surface area contributed by atoms with Gasteiger partial charge in [-0.1, -0.05) is 19.1 Å². The molecule has 0 amide bonds. The van der Waals surface area contributed by atoms with Gasteiger partial charge in [-0.15, -0.1) is 16.4 Å². The minimum absolute atomic E-state index is 0.182. The molecule has 0 radical (unpaired) electrons. The average Bonchev–Trinajstić information content (AvgIpc) is 3.18. The lowest BCUT2D eigenvalue weighted by molar-refractivity contribution is -0.104. The van der Waals surface area contributed by atoms with Crippen LogP contribution in [-0.4, -0.2) is 27.6 Å². The summed E-state index contributed by atoms with van der Waals surface area (Å²) in [7, 11) is 1.92. The highest BCUT2D eigenvalue weighted by Gasteiger charge is 2.47. The second-order valence-corrected chi connectivity index (χ2v) is 8.56. The molecule has 2 aliphatic rings. The molecule has 1 spiro atoms. The molecule has 1 fully saturated rings. The molecule has 1 saturated heterocycles. The topological polar surface area (TPSA) is 52.0 Å². The van der Waals surface area contributed by atoms with Gasteiger partial charge >= 0.3 is 0 Å². The van der Waals surface area contributed by atoms with E-state index in [0.717, 1.165) is 31.6 Å². The normalized spacial score (nSPS) is 32.9. The molecule has 2 aromatic heterocycles. The minimum Gasteiger partial charge on any atom is -0.369 e. The molecule has 0 aromatic carbocycles. The molecular weight excluding hydrogens is 320 g/mol. The number of rotatable bonds is 2. The maximum Gasteiger partial charge on any atom is 0.0997 e. The number of hydrogen-bond donors (Lipinski definition) is 1. The van der Waals surface area contributed by atoms with Gasteiger partial charge in [0.1, 0.15) is 0 Å². The van der Waals surface area contributed by atoms with Crippen molar-refractivity contribution in [1.82, 2.24) is 20.3 Å². The summed E-state index contributed by atoms with van der Waals surface area (Å²) in [6.45, 7) is 7.59. The highest BCUT2D eigenvalue weighted by molar-refractivity contribution is 7.12. The van der Waals surface area contributed by atoms with Gasteiger partial charge in [0.15, 0.2) is 0 Å². The Morgan fingerprint density at radius 1 is 1.42 bits per heavy atom. The van der Waals surface area contributed by atoms with E-state index in [4.69, 9.17) is 4.74 Å². The van der Waals surface area contributed by atoms with Crippen LogP contribution in [-0.2, 0) is 23.8 Å². The van der Waals surface area contributed by atoms with Crippen LogP contribution in [0.15, 0.2) is 12.3 Å². The fourth-order valence-corrected chi connectivity index (χ4v) is 5.44. The van der Waals surface area contributed by atoms with E-state index >= 15 is 0 Å². The molecule has 0 bridgehead atoms. The third kappa shape index (κ3) is 2.61. The summed E-state index contributed by atoms with van der Waals surface area (Å²) in [4.78, 5) is 3.00. The number of nitrogens with zero attached hydrogens (tertiary/aromatic N) is 3. The van der Waals surface area contributed by atoms with Gasteiger partial charge < -0.3 is 10.1 Å². The highest BCUT2D eigenvalue weighted by Crippen LogP contribution is 2.50. The minimum atomic E-state index is -0.182. The highest BCUT2D eigenvalue weighted by atomic mass is 32.1. The molecule has 2 aliphatic heterocycles. The van der Waals surface area contributed by atoms with E-state index in [-0.39, 0.29) is 11.6 Å². The standard InChI is InChI=1S/C18H26N4OS/c1-5-13-6-14-17(24-13)11(2)10-23-18(14)7-12(3)19-15(8-18)16-9-22(4)21-20-16/h6,9,11-12,15,19H,5,7-8,10H2,1-4H3/t11?,12-,15-,18?/m0/s1. The second-order valence-electron chi connectivity index (χ2n) is 7.40. The van der Waals surface area contributed by atoms with Crippen LogP contribution in [0.5, 0.6) is 0 Å². The molecular formula is C18H26N4OS. The molecule has 4 atom stereocenters. The molecule has 0 aliphatic carbocycles. The Morgan fingerprint density at radius 3 is 2.96 bits per heavy atom. The fourth-order valence-electron chi connectivity index (χ4n) is 4.21. The Bertz CT molecular complexity index is 739. The van der Waals surface area contributed by atoms with Gasteiger partial charge in [-0.25, -0.2) is 0 Å². The molecule has 5 nitrogen and oxygen atoms in total. The van der Waals surface area contributed by atoms with E-state index in [1.807, 2.05) is 24.6 Å². The van der Waals surface area contributed by atoms with E-state index in [1.54, 1.807) is 4.68 Å². The van der Waals surface area contributed by atoms with E-state index in [1.165, 1.54) is 15.3 Å². The van der Waals surface area contributed by atoms with Crippen molar-refractivity contribution in [3.05, 3.63) is 33.3 Å². The zero-order valence-corrected chi connectivity index (χ0v) is 15.7. The zero-order chi connectivity index (χ0) is 16.9. The summed E-state index contributed by atoms with van der Waals surface area (Å²) in [5.74, 6) is 0.496. The maximum atomic E-state index is 6.54. The van der Waals surface area contributed by atoms with Crippen molar-refractivity contribution in [2.75, 3.05) is 6.61 Å². The monoisotopic (exact) mass is 346 g/mol.